The number of likely N-dealkylation sites (N-methyl/N-ethyl adjacent to an activating group) is 1. The van der Waals surface area contributed by atoms with Gasteiger partial charge in [-0.05, 0) is 52.9 Å². The predicted molar refractivity (Wildman–Crippen MR) is 128 cm³/mol. The molecule has 0 aliphatic carbocycles. The summed E-state index contributed by atoms with van der Waals surface area (Å²) < 4.78 is 33.3. The largest absolute Gasteiger partial charge is 0.372 e. The maximum atomic E-state index is 13.0. The highest BCUT2D eigenvalue weighted by Gasteiger charge is 2.34. The summed E-state index contributed by atoms with van der Waals surface area (Å²) in [6.07, 6.45) is 1.18. The number of nitro benzene ring substituents is 1. The van der Waals surface area contributed by atoms with E-state index >= 15 is 0 Å². The van der Waals surface area contributed by atoms with E-state index in [4.69, 9.17) is 4.74 Å². The number of anilines is 1. The van der Waals surface area contributed by atoms with E-state index in [-0.39, 0.29) is 41.2 Å². The van der Waals surface area contributed by atoms with E-state index in [1.54, 1.807) is 0 Å². The van der Waals surface area contributed by atoms with Crippen molar-refractivity contribution in [3.63, 3.8) is 0 Å². The number of nitrogens with zero attached hydrogens (tertiary/aromatic N) is 4. The van der Waals surface area contributed by atoms with Gasteiger partial charge in [0, 0.05) is 51.3 Å². The van der Waals surface area contributed by atoms with Crippen LogP contribution in [-0.2, 0) is 19.6 Å². The van der Waals surface area contributed by atoms with Crippen molar-refractivity contribution in [3.8, 4) is 0 Å². The van der Waals surface area contributed by atoms with Crippen LogP contribution >= 0.6 is 0 Å². The molecule has 2 heterocycles. The smallest absolute Gasteiger partial charge is 0.293 e. The van der Waals surface area contributed by atoms with Gasteiger partial charge in [0.25, 0.3) is 5.69 Å². The summed E-state index contributed by atoms with van der Waals surface area (Å²) in [5, 5.41) is 11.8. The van der Waals surface area contributed by atoms with Crippen LogP contribution in [-0.4, -0.2) is 94.6 Å². The first-order valence-corrected chi connectivity index (χ1v) is 13.1. The average Bonchev–Trinajstić information content (AvgIpc) is 2.77. The predicted octanol–water partition coefficient (Wildman–Crippen LogP) is 1.29. The van der Waals surface area contributed by atoms with Crippen LogP contribution in [0.2, 0.25) is 0 Å². The molecule has 1 aromatic rings. The molecule has 2 aliphatic rings. The number of nitrogens with one attached hydrogen (secondary N) is 1. The molecule has 1 amide bonds. The zero-order valence-electron chi connectivity index (χ0n) is 20.3. The maximum absolute atomic E-state index is 13.0. The van der Waals surface area contributed by atoms with Gasteiger partial charge in [0.15, 0.2) is 0 Å². The molecule has 1 aromatic carbocycles. The highest BCUT2D eigenvalue weighted by molar-refractivity contribution is 7.89. The Morgan fingerprint density at radius 1 is 1.21 bits per heavy atom. The number of benzene rings is 1. The van der Waals surface area contributed by atoms with Crippen LogP contribution in [0.25, 0.3) is 0 Å². The summed E-state index contributed by atoms with van der Waals surface area (Å²) in [4.78, 5) is 29.7. The van der Waals surface area contributed by atoms with Gasteiger partial charge >= 0.3 is 0 Å². The van der Waals surface area contributed by atoms with Crippen molar-refractivity contribution in [2.75, 3.05) is 58.3 Å². The van der Waals surface area contributed by atoms with Crippen molar-refractivity contribution >= 4 is 27.3 Å². The Kier molecular flexibility index (Phi) is 8.50. The van der Waals surface area contributed by atoms with Crippen LogP contribution < -0.4 is 9.62 Å². The van der Waals surface area contributed by atoms with Crippen molar-refractivity contribution in [1.29, 1.82) is 0 Å². The molecular weight excluding hydrogens is 462 g/mol. The van der Waals surface area contributed by atoms with Crippen LogP contribution in [0, 0.1) is 16.0 Å². The Balaban J connectivity index is 1.68. The van der Waals surface area contributed by atoms with Crippen LogP contribution in [0.15, 0.2) is 23.1 Å². The van der Waals surface area contributed by atoms with Crippen LogP contribution in [0.3, 0.4) is 0 Å². The SMILES string of the molecule is CC1CN(C(=O)C2CCN(c3ccc(S(=O)(=O)NCCN(C)C)cc3[N+](=O)[O-])CC2)CC(C)O1. The highest BCUT2D eigenvalue weighted by atomic mass is 32.2. The lowest BCUT2D eigenvalue weighted by molar-refractivity contribution is -0.384. The number of rotatable bonds is 8. The Labute approximate surface area is 201 Å². The van der Waals surface area contributed by atoms with Gasteiger partial charge in [0.05, 0.1) is 22.0 Å². The van der Waals surface area contributed by atoms with Gasteiger partial charge < -0.3 is 19.4 Å². The van der Waals surface area contributed by atoms with E-state index < -0.39 is 14.9 Å². The highest BCUT2D eigenvalue weighted by Crippen LogP contribution is 2.34. The average molecular weight is 498 g/mol. The second-order valence-electron chi connectivity index (χ2n) is 9.37. The molecule has 2 aliphatic heterocycles. The fourth-order valence-corrected chi connectivity index (χ4v) is 5.60. The molecule has 0 spiro atoms. The van der Waals surface area contributed by atoms with Gasteiger partial charge in [-0.2, -0.15) is 0 Å². The molecule has 34 heavy (non-hydrogen) atoms. The molecule has 3 rings (SSSR count). The van der Waals surface area contributed by atoms with Crippen molar-refractivity contribution in [3.05, 3.63) is 28.3 Å². The van der Waals surface area contributed by atoms with Crippen molar-refractivity contribution in [1.82, 2.24) is 14.5 Å². The Hall–Kier alpha value is -2.28. The molecule has 190 valence electrons. The Bertz CT molecular complexity index is 983. The van der Waals surface area contributed by atoms with Crippen LogP contribution in [0.5, 0.6) is 0 Å². The number of sulfonamides is 1. The zero-order chi connectivity index (χ0) is 25.0. The quantitative estimate of drug-likeness (QED) is 0.421. The lowest BCUT2D eigenvalue weighted by Gasteiger charge is -2.39. The zero-order valence-corrected chi connectivity index (χ0v) is 21.1. The summed E-state index contributed by atoms with van der Waals surface area (Å²) in [7, 11) is -0.209. The normalized spacial score (nSPS) is 22.3. The van der Waals surface area contributed by atoms with Gasteiger partial charge in [-0.3, -0.25) is 14.9 Å². The summed E-state index contributed by atoms with van der Waals surface area (Å²) in [6.45, 7) is 6.75. The molecule has 0 saturated carbocycles. The molecule has 11 nitrogen and oxygen atoms in total. The van der Waals surface area contributed by atoms with Gasteiger partial charge in [0.1, 0.15) is 5.69 Å². The molecule has 12 heteroatoms. The van der Waals surface area contributed by atoms with E-state index in [9.17, 15) is 23.3 Å². The topological polar surface area (TPSA) is 125 Å². The van der Waals surface area contributed by atoms with Crippen molar-refractivity contribution in [2.24, 2.45) is 5.92 Å². The molecule has 0 aromatic heterocycles. The number of piperidine rings is 1. The maximum Gasteiger partial charge on any atom is 0.293 e. The summed E-state index contributed by atoms with van der Waals surface area (Å²) >= 11 is 0. The number of hydrogen-bond acceptors (Lipinski definition) is 8. The lowest BCUT2D eigenvalue weighted by atomic mass is 9.94. The number of morpholine rings is 1. The van der Waals surface area contributed by atoms with E-state index in [0.717, 1.165) is 6.07 Å². The van der Waals surface area contributed by atoms with Gasteiger partial charge in [-0.25, -0.2) is 13.1 Å². The first kappa shape index (κ1) is 26.3. The molecule has 2 unspecified atom stereocenters. The van der Waals surface area contributed by atoms with Crippen molar-refractivity contribution in [2.45, 2.75) is 43.8 Å². The van der Waals surface area contributed by atoms with Crippen LogP contribution in [0.4, 0.5) is 11.4 Å². The van der Waals surface area contributed by atoms with Gasteiger partial charge in [0.2, 0.25) is 15.9 Å². The standard InChI is InChI=1S/C22H35N5O6S/c1-16-14-26(15-17(2)33-16)22(28)18-7-10-25(11-8-18)20-6-5-19(13-21(20)27(29)30)34(31,32)23-9-12-24(3)4/h5-6,13,16-18,23H,7-12,14-15H2,1-4H3. The minimum absolute atomic E-state index is 0.00241. The molecule has 2 saturated heterocycles. The molecule has 2 atom stereocenters. The lowest BCUT2D eigenvalue weighted by Crippen LogP contribution is -2.51. The monoisotopic (exact) mass is 497 g/mol. The fraction of sp³-hybridized carbons (Fsp3) is 0.682. The first-order valence-electron chi connectivity index (χ1n) is 11.6. The van der Waals surface area contributed by atoms with Crippen LogP contribution in [0.1, 0.15) is 26.7 Å². The van der Waals surface area contributed by atoms with Gasteiger partial charge in [-0.15, -0.1) is 0 Å². The first-order chi connectivity index (χ1) is 16.0. The molecule has 2 fully saturated rings. The van der Waals surface area contributed by atoms with Gasteiger partial charge in [-0.1, -0.05) is 0 Å². The van der Waals surface area contributed by atoms with E-state index in [1.807, 2.05) is 42.6 Å². The van der Waals surface area contributed by atoms with E-state index in [2.05, 4.69) is 4.72 Å². The summed E-state index contributed by atoms with van der Waals surface area (Å²) in [5.74, 6) is -0.0188. The fourth-order valence-electron chi connectivity index (χ4n) is 4.55. The third-order valence-electron chi connectivity index (χ3n) is 6.22. The van der Waals surface area contributed by atoms with E-state index in [1.165, 1.54) is 12.1 Å². The molecular formula is C22H35N5O6S. The third kappa shape index (κ3) is 6.44. The molecule has 0 bridgehead atoms. The molecule has 1 N–H and O–H groups in total. The minimum Gasteiger partial charge on any atom is -0.372 e. The number of amides is 1. The second-order valence-corrected chi connectivity index (χ2v) is 11.1. The summed E-state index contributed by atoms with van der Waals surface area (Å²) in [5.41, 5.74) is 0.118. The number of carbonyl (C=O) groups is 1. The van der Waals surface area contributed by atoms with E-state index in [0.29, 0.717) is 51.3 Å². The summed E-state index contributed by atoms with van der Waals surface area (Å²) in [6, 6.07) is 4.00. The van der Waals surface area contributed by atoms with Crippen molar-refractivity contribution < 1.29 is 22.9 Å². The number of carbonyl (C=O) groups excluding carboxylic acids is 1. The minimum atomic E-state index is -3.86. The third-order valence-corrected chi connectivity index (χ3v) is 7.68. The number of nitro groups is 1. The number of ether oxygens (including phenoxy) is 1. The number of hydrogen-bond donors (Lipinski definition) is 1. The Morgan fingerprint density at radius 2 is 1.82 bits per heavy atom. The second kappa shape index (κ2) is 11.0. The molecule has 0 radical (unpaired) electrons. The Morgan fingerprint density at radius 3 is 2.38 bits per heavy atom.